The molecule has 1 amide bonds. The summed E-state index contributed by atoms with van der Waals surface area (Å²) in [6.45, 7) is 7.58. The van der Waals surface area contributed by atoms with Crippen LogP contribution in [-0.4, -0.2) is 49.0 Å². The van der Waals surface area contributed by atoms with Crippen LogP contribution in [0.1, 0.15) is 63.0 Å². The predicted octanol–water partition coefficient (Wildman–Crippen LogP) is 2.79. The molecule has 0 unspecified atom stereocenters. The van der Waals surface area contributed by atoms with E-state index >= 15 is 0 Å². The summed E-state index contributed by atoms with van der Waals surface area (Å²) in [5, 5.41) is 9.67. The van der Waals surface area contributed by atoms with Crippen LogP contribution in [0.25, 0.3) is 0 Å². The first-order chi connectivity index (χ1) is 14.2. The number of aliphatic imine (C=N–C) groups is 1. The molecule has 0 aromatic heterocycles. The van der Waals surface area contributed by atoms with Gasteiger partial charge in [0.2, 0.25) is 5.91 Å². The van der Waals surface area contributed by atoms with E-state index in [9.17, 15) is 4.79 Å². The molecule has 1 aliphatic carbocycles. The van der Waals surface area contributed by atoms with Gasteiger partial charge in [0.05, 0.1) is 6.54 Å². The Morgan fingerprint density at radius 1 is 1.03 bits per heavy atom. The van der Waals surface area contributed by atoms with Gasteiger partial charge in [0.25, 0.3) is 0 Å². The maximum Gasteiger partial charge on any atom is 0.221 e. The molecule has 3 N–H and O–H groups in total. The van der Waals surface area contributed by atoms with E-state index < -0.39 is 0 Å². The largest absolute Gasteiger partial charge is 0.357 e. The Labute approximate surface area is 175 Å². The Morgan fingerprint density at radius 2 is 1.72 bits per heavy atom. The zero-order valence-corrected chi connectivity index (χ0v) is 17.9. The number of carbonyl (C=O) groups is 1. The first-order valence-electron chi connectivity index (χ1n) is 11.3. The number of amides is 1. The average Bonchev–Trinajstić information content (AvgIpc) is 3.41. The third-order valence-corrected chi connectivity index (χ3v) is 5.76. The second kappa shape index (κ2) is 11.8. The summed E-state index contributed by atoms with van der Waals surface area (Å²) in [4.78, 5) is 19.2. The van der Waals surface area contributed by atoms with Crippen molar-refractivity contribution in [1.82, 2.24) is 20.9 Å². The van der Waals surface area contributed by atoms with Crippen molar-refractivity contribution >= 4 is 11.9 Å². The van der Waals surface area contributed by atoms with E-state index in [1.165, 1.54) is 49.9 Å². The van der Waals surface area contributed by atoms with Crippen molar-refractivity contribution in [1.29, 1.82) is 0 Å². The normalized spacial score (nSPS) is 18.2. The van der Waals surface area contributed by atoms with Gasteiger partial charge < -0.3 is 16.0 Å². The Morgan fingerprint density at radius 3 is 2.41 bits per heavy atom. The number of likely N-dealkylation sites (tertiary alicyclic amines) is 1. The number of nitrogens with zero attached hydrogens (tertiary/aromatic N) is 2. The molecule has 1 saturated heterocycles. The SMILES string of the molecule is CCNC(=NCc1ccc(CN2CCCC2)cc1)NCCC(=O)NC1CCCC1. The molecule has 6 heteroatoms. The number of benzene rings is 1. The summed E-state index contributed by atoms with van der Waals surface area (Å²) in [6.07, 6.45) is 7.86. The van der Waals surface area contributed by atoms with Gasteiger partial charge in [-0.2, -0.15) is 0 Å². The molecule has 0 radical (unpaired) electrons. The third kappa shape index (κ3) is 7.69. The Bertz CT molecular complexity index is 646. The van der Waals surface area contributed by atoms with Crippen LogP contribution in [0, 0.1) is 0 Å². The minimum absolute atomic E-state index is 0.133. The molecule has 160 valence electrons. The van der Waals surface area contributed by atoms with Gasteiger partial charge in [-0.1, -0.05) is 37.1 Å². The van der Waals surface area contributed by atoms with Gasteiger partial charge in [0, 0.05) is 32.1 Å². The van der Waals surface area contributed by atoms with Crippen LogP contribution in [0.15, 0.2) is 29.3 Å². The quantitative estimate of drug-likeness (QED) is 0.441. The van der Waals surface area contributed by atoms with Crippen LogP contribution in [-0.2, 0) is 17.9 Å². The fourth-order valence-electron chi connectivity index (χ4n) is 4.13. The van der Waals surface area contributed by atoms with Gasteiger partial charge in [-0.25, -0.2) is 4.99 Å². The fraction of sp³-hybridized carbons (Fsp3) is 0.652. The molecule has 6 nitrogen and oxygen atoms in total. The lowest BCUT2D eigenvalue weighted by atomic mass is 10.1. The first-order valence-corrected chi connectivity index (χ1v) is 11.3. The van der Waals surface area contributed by atoms with Crippen LogP contribution >= 0.6 is 0 Å². The third-order valence-electron chi connectivity index (χ3n) is 5.76. The van der Waals surface area contributed by atoms with Gasteiger partial charge in [-0.15, -0.1) is 0 Å². The maximum absolute atomic E-state index is 12.1. The van der Waals surface area contributed by atoms with Crippen molar-refractivity contribution in [2.75, 3.05) is 26.2 Å². The van der Waals surface area contributed by atoms with Crippen molar-refractivity contribution in [3.63, 3.8) is 0 Å². The molecular formula is C23H37N5O. The van der Waals surface area contributed by atoms with Crippen molar-refractivity contribution in [3.8, 4) is 0 Å². The van der Waals surface area contributed by atoms with Crippen molar-refractivity contribution < 1.29 is 4.79 Å². The molecule has 2 aliphatic rings. The lowest BCUT2D eigenvalue weighted by Crippen LogP contribution is -2.40. The summed E-state index contributed by atoms with van der Waals surface area (Å²) in [6, 6.07) is 9.17. The summed E-state index contributed by atoms with van der Waals surface area (Å²) in [5.41, 5.74) is 2.57. The second-order valence-electron chi connectivity index (χ2n) is 8.22. The highest BCUT2D eigenvalue weighted by Gasteiger charge is 2.16. The molecule has 2 fully saturated rings. The molecule has 1 heterocycles. The highest BCUT2D eigenvalue weighted by atomic mass is 16.1. The molecule has 29 heavy (non-hydrogen) atoms. The molecule has 0 bridgehead atoms. The Hall–Kier alpha value is -2.08. The Balaban J connectivity index is 1.41. The number of hydrogen-bond donors (Lipinski definition) is 3. The second-order valence-corrected chi connectivity index (χ2v) is 8.22. The highest BCUT2D eigenvalue weighted by molar-refractivity contribution is 5.81. The predicted molar refractivity (Wildman–Crippen MR) is 119 cm³/mol. The van der Waals surface area contributed by atoms with Crippen molar-refractivity contribution in [2.24, 2.45) is 4.99 Å². The zero-order chi connectivity index (χ0) is 20.3. The molecule has 0 atom stereocenters. The molecule has 0 spiro atoms. The number of guanidine groups is 1. The van der Waals surface area contributed by atoms with Crippen LogP contribution in [0.2, 0.25) is 0 Å². The van der Waals surface area contributed by atoms with E-state index in [4.69, 9.17) is 0 Å². The van der Waals surface area contributed by atoms with Crippen LogP contribution in [0.5, 0.6) is 0 Å². The van der Waals surface area contributed by atoms with Gasteiger partial charge in [-0.05, 0) is 56.8 Å². The highest BCUT2D eigenvalue weighted by Crippen LogP contribution is 2.17. The molecule has 1 aromatic rings. The van der Waals surface area contributed by atoms with Crippen LogP contribution in [0.3, 0.4) is 0 Å². The van der Waals surface area contributed by atoms with E-state index in [1.807, 2.05) is 0 Å². The molecule has 1 aliphatic heterocycles. The summed E-state index contributed by atoms with van der Waals surface area (Å²) in [7, 11) is 0. The standard InChI is InChI=1S/C23H37N5O/c1-2-24-23(25-14-13-22(29)27-21-7-3-4-8-21)26-17-19-9-11-20(12-10-19)18-28-15-5-6-16-28/h9-12,21H,2-8,13-18H2,1H3,(H,27,29)(H2,24,25,26). The topological polar surface area (TPSA) is 68.8 Å². The number of nitrogens with one attached hydrogen (secondary N) is 3. The van der Waals surface area contributed by atoms with Crippen LogP contribution < -0.4 is 16.0 Å². The monoisotopic (exact) mass is 399 g/mol. The average molecular weight is 400 g/mol. The fourth-order valence-corrected chi connectivity index (χ4v) is 4.13. The summed E-state index contributed by atoms with van der Waals surface area (Å²) >= 11 is 0. The van der Waals surface area contributed by atoms with E-state index in [1.54, 1.807) is 0 Å². The number of carbonyl (C=O) groups excluding carboxylic acids is 1. The van der Waals surface area contributed by atoms with Gasteiger partial charge in [0.15, 0.2) is 5.96 Å². The van der Waals surface area contributed by atoms with Gasteiger partial charge in [0.1, 0.15) is 0 Å². The summed E-state index contributed by atoms with van der Waals surface area (Å²) in [5.74, 6) is 0.899. The molecule has 1 aromatic carbocycles. The first kappa shape index (κ1) is 21.6. The Kier molecular flexibility index (Phi) is 8.81. The lowest BCUT2D eigenvalue weighted by molar-refractivity contribution is -0.121. The molecule has 3 rings (SSSR count). The van der Waals surface area contributed by atoms with Gasteiger partial charge in [-0.3, -0.25) is 9.69 Å². The van der Waals surface area contributed by atoms with Crippen molar-refractivity contribution in [2.45, 2.75) is 71.0 Å². The van der Waals surface area contributed by atoms with E-state index in [0.29, 0.717) is 25.6 Å². The van der Waals surface area contributed by atoms with Crippen molar-refractivity contribution in [3.05, 3.63) is 35.4 Å². The number of hydrogen-bond acceptors (Lipinski definition) is 3. The minimum Gasteiger partial charge on any atom is -0.357 e. The van der Waals surface area contributed by atoms with E-state index in [0.717, 1.165) is 31.9 Å². The maximum atomic E-state index is 12.1. The number of rotatable bonds is 9. The van der Waals surface area contributed by atoms with Crippen LogP contribution in [0.4, 0.5) is 0 Å². The van der Waals surface area contributed by atoms with Gasteiger partial charge >= 0.3 is 0 Å². The molecular weight excluding hydrogens is 362 g/mol. The van der Waals surface area contributed by atoms with E-state index in [-0.39, 0.29) is 5.91 Å². The molecule has 1 saturated carbocycles. The zero-order valence-electron chi connectivity index (χ0n) is 17.9. The van der Waals surface area contributed by atoms with E-state index in [2.05, 4.69) is 57.0 Å². The lowest BCUT2D eigenvalue weighted by Gasteiger charge is -2.15. The summed E-state index contributed by atoms with van der Waals surface area (Å²) < 4.78 is 0. The smallest absolute Gasteiger partial charge is 0.221 e. The minimum atomic E-state index is 0.133.